The average molecular weight is 426 g/mol. The number of amides is 2. The molecule has 2 aromatic carbocycles. The lowest BCUT2D eigenvalue weighted by molar-refractivity contribution is -0.269. The van der Waals surface area contributed by atoms with Gasteiger partial charge in [-0.15, -0.1) is 0 Å². The Labute approximate surface area is 181 Å². The molecular weight excluding hydrogens is 400 g/mol. The van der Waals surface area contributed by atoms with Crippen LogP contribution in [0.2, 0.25) is 0 Å². The second-order valence-corrected chi connectivity index (χ2v) is 7.98. The molecule has 0 N–H and O–H groups in total. The molecule has 2 atom stereocenters. The summed E-state index contributed by atoms with van der Waals surface area (Å²) in [7, 11) is 0. The summed E-state index contributed by atoms with van der Waals surface area (Å²) in [6.45, 7) is 3.64. The third-order valence-corrected chi connectivity index (χ3v) is 5.03. The lowest BCUT2D eigenvalue weighted by atomic mass is 10.1. The van der Waals surface area contributed by atoms with Gasteiger partial charge in [0.15, 0.2) is 5.79 Å². The maximum absolute atomic E-state index is 11.7. The van der Waals surface area contributed by atoms with Crippen molar-refractivity contribution in [1.82, 2.24) is 9.80 Å². The third-order valence-electron chi connectivity index (χ3n) is 5.03. The molecule has 1 aliphatic heterocycles. The predicted molar refractivity (Wildman–Crippen MR) is 108 cm³/mol. The molecule has 1 fully saturated rings. The number of hydrogen-bond donors (Lipinski definition) is 0. The summed E-state index contributed by atoms with van der Waals surface area (Å²) in [5.74, 6) is -0.982. The van der Waals surface area contributed by atoms with Crippen molar-refractivity contribution in [2.45, 2.75) is 44.9 Å². The van der Waals surface area contributed by atoms with E-state index in [9.17, 15) is 19.8 Å². The minimum Gasteiger partial charge on any atom is -0.530 e. The number of hydrogen-bond acceptors (Lipinski definition) is 6. The zero-order valence-corrected chi connectivity index (χ0v) is 17.6. The molecule has 166 valence electrons. The van der Waals surface area contributed by atoms with Gasteiger partial charge in [0.2, 0.25) is 0 Å². The van der Waals surface area contributed by atoms with Crippen LogP contribution < -0.4 is 10.2 Å². The fourth-order valence-electron chi connectivity index (χ4n) is 3.67. The Kier molecular flexibility index (Phi) is 7.14. The van der Waals surface area contributed by atoms with Crippen LogP contribution >= 0.6 is 0 Å². The molecule has 8 nitrogen and oxygen atoms in total. The quantitative estimate of drug-likeness (QED) is 0.628. The van der Waals surface area contributed by atoms with Crippen molar-refractivity contribution in [1.29, 1.82) is 0 Å². The normalized spacial score (nSPS) is 19.7. The van der Waals surface area contributed by atoms with Gasteiger partial charge in [0, 0.05) is 26.2 Å². The minimum absolute atomic E-state index is 0.0163. The Balaban J connectivity index is 1.72. The van der Waals surface area contributed by atoms with Crippen molar-refractivity contribution in [2.24, 2.45) is 0 Å². The van der Waals surface area contributed by atoms with Gasteiger partial charge in [0.1, 0.15) is 24.4 Å². The second kappa shape index (κ2) is 9.80. The molecule has 1 aliphatic rings. The third kappa shape index (κ3) is 6.44. The van der Waals surface area contributed by atoms with E-state index < -0.39 is 30.2 Å². The highest BCUT2D eigenvalue weighted by Crippen LogP contribution is 2.30. The monoisotopic (exact) mass is 426 g/mol. The molecule has 0 saturated carbocycles. The summed E-state index contributed by atoms with van der Waals surface area (Å²) in [6, 6.07) is 18.3. The van der Waals surface area contributed by atoms with Crippen LogP contribution in [0.25, 0.3) is 0 Å². The van der Waals surface area contributed by atoms with E-state index in [1.165, 1.54) is 0 Å². The van der Waals surface area contributed by atoms with Gasteiger partial charge in [-0.1, -0.05) is 60.7 Å². The van der Waals surface area contributed by atoms with Crippen molar-refractivity contribution >= 4 is 12.2 Å². The van der Waals surface area contributed by atoms with Crippen molar-refractivity contribution in [3.8, 4) is 0 Å². The minimum atomic E-state index is -1.34. The smallest absolute Gasteiger partial charge is 0.163 e. The van der Waals surface area contributed by atoms with E-state index in [2.05, 4.69) is 0 Å². The first-order valence-electron chi connectivity index (χ1n) is 10.1. The van der Waals surface area contributed by atoms with Gasteiger partial charge in [-0.05, 0) is 25.0 Å². The molecule has 2 unspecified atom stereocenters. The molecule has 2 aromatic rings. The first-order valence-corrected chi connectivity index (χ1v) is 10.1. The number of rotatable bonds is 8. The molecule has 2 amide bonds. The van der Waals surface area contributed by atoms with Gasteiger partial charge in [-0.25, -0.2) is 0 Å². The molecule has 0 radical (unpaired) electrons. The fraction of sp³-hybridized carbons (Fsp3) is 0.391. The van der Waals surface area contributed by atoms with Crippen molar-refractivity contribution in [3.05, 3.63) is 71.8 Å². The molecule has 31 heavy (non-hydrogen) atoms. The van der Waals surface area contributed by atoms with Gasteiger partial charge in [0.25, 0.3) is 0 Å². The number of carbonyl (C=O) groups excluding carboxylic acids is 2. The lowest BCUT2D eigenvalue weighted by Gasteiger charge is -2.32. The molecule has 0 bridgehead atoms. The van der Waals surface area contributed by atoms with E-state index in [-0.39, 0.29) is 26.2 Å². The standard InChI is InChI=1S/C23H28N2O6/c1-23(2)30-19(15-24(21(26)27)13-17-9-5-3-6-10-17)20(31-23)16-25(22(28)29)14-18-11-7-4-8-12-18/h3-12,19-20H,13-16H2,1-2H3,(H,26,27)(H,28,29)/p-2. The van der Waals surface area contributed by atoms with E-state index in [0.29, 0.717) is 0 Å². The van der Waals surface area contributed by atoms with Crippen molar-refractivity contribution in [2.75, 3.05) is 13.1 Å². The van der Waals surface area contributed by atoms with E-state index in [1.54, 1.807) is 13.8 Å². The largest absolute Gasteiger partial charge is 0.530 e. The van der Waals surface area contributed by atoms with Crippen LogP contribution in [0.1, 0.15) is 25.0 Å². The molecule has 1 heterocycles. The number of ether oxygens (including phenoxy) is 2. The van der Waals surface area contributed by atoms with Crippen molar-refractivity contribution < 1.29 is 29.3 Å². The zero-order chi connectivity index (χ0) is 22.4. The Morgan fingerprint density at radius 1 is 0.774 bits per heavy atom. The van der Waals surface area contributed by atoms with Crippen LogP contribution in [0, 0.1) is 0 Å². The molecule has 0 aromatic heterocycles. The van der Waals surface area contributed by atoms with Crippen LogP contribution in [0.3, 0.4) is 0 Å². The maximum Gasteiger partial charge on any atom is 0.163 e. The van der Waals surface area contributed by atoms with E-state index in [0.717, 1.165) is 20.9 Å². The van der Waals surface area contributed by atoms with Gasteiger partial charge >= 0.3 is 0 Å². The van der Waals surface area contributed by atoms with Crippen LogP contribution in [0.15, 0.2) is 60.7 Å². The Bertz CT molecular complexity index is 803. The van der Waals surface area contributed by atoms with E-state index in [4.69, 9.17) is 9.47 Å². The average Bonchev–Trinajstić information content (AvgIpc) is 3.01. The van der Waals surface area contributed by atoms with Gasteiger partial charge in [0.05, 0.1) is 0 Å². The van der Waals surface area contributed by atoms with Crippen LogP contribution in [-0.2, 0) is 22.6 Å². The molecular formula is C23H26N2O6-2. The first kappa shape index (κ1) is 22.6. The second-order valence-electron chi connectivity index (χ2n) is 7.98. The van der Waals surface area contributed by atoms with Crippen LogP contribution in [-0.4, -0.2) is 53.1 Å². The number of nitrogens with zero attached hydrogens (tertiary/aromatic N) is 2. The fourth-order valence-corrected chi connectivity index (χ4v) is 3.67. The number of benzene rings is 2. The van der Waals surface area contributed by atoms with Crippen molar-refractivity contribution in [3.63, 3.8) is 0 Å². The van der Waals surface area contributed by atoms with Crippen LogP contribution in [0.4, 0.5) is 9.59 Å². The summed E-state index contributed by atoms with van der Waals surface area (Å²) in [6.07, 6.45) is -4.02. The topological polar surface area (TPSA) is 105 Å². The van der Waals surface area contributed by atoms with Gasteiger partial charge in [-0.2, -0.15) is 0 Å². The summed E-state index contributed by atoms with van der Waals surface area (Å²) < 4.78 is 11.8. The highest BCUT2D eigenvalue weighted by molar-refractivity contribution is 5.63. The molecule has 0 spiro atoms. The predicted octanol–water partition coefficient (Wildman–Crippen LogP) is 1.20. The number of carbonyl (C=O) groups is 2. The molecule has 1 saturated heterocycles. The SMILES string of the molecule is CC1(C)OC(CN(Cc2ccccc2)C(=O)[O-])C(CN(Cc2ccccc2)C(=O)[O-])O1. The van der Waals surface area contributed by atoms with Crippen LogP contribution in [0.5, 0.6) is 0 Å². The lowest BCUT2D eigenvalue weighted by Crippen LogP contribution is -2.50. The molecule has 0 aliphatic carbocycles. The van der Waals surface area contributed by atoms with E-state index >= 15 is 0 Å². The highest BCUT2D eigenvalue weighted by Gasteiger charge is 2.42. The summed E-state index contributed by atoms with van der Waals surface area (Å²) in [5, 5.41) is 23.5. The van der Waals surface area contributed by atoms with E-state index in [1.807, 2.05) is 60.7 Å². The zero-order valence-electron chi connectivity index (χ0n) is 17.6. The summed E-state index contributed by atoms with van der Waals surface area (Å²) >= 11 is 0. The first-order chi connectivity index (χ1) is 14.7. The maximum atomic E-state index is 11.7. The number of carboxylic acid groups (broad SMARTS) is 2. The molecule has 8 heteroatoms. The highest BCUT2D eigenvalue weighted by atomic mass is 16.8. The van der Waals surface area contributed by atoms with Gasteiger partial charge < -0.3 is 39.1 Å². The molecule has 3 rings (SSSR count). The van der Waals surface area contributed by atoms with Gasteiger partial charge in [-0.3, -0.25) is 0 Å². The Morgan fingerprint density at radius 2 is 1.13 bits per heavy atom. The summed E-state index contributed by atoms with van der Waals surface area (Å²) in [4.78, 5) is 25.7. The Morgan fingerprint density at radius 3 is 1.45 bits per heavy atom. The Hall–Kier alpha value is -3.10. The summed E-state index contributed by atoms with van der Waals surface area (Å²) in [5.41, 5.74) is 1.61.